The first-order chi connectivity index (χ1) is 8.19. The molecule has 0 aliphatic carbocycles. The van der Waals surface area contributed by atoms with Crippen LogP contribution < -0.4 is 5.32 Å². The largest absolute Gasteiger partial charge is 0.444 e. The SMILES string of the molecule is CC(C)(C)OC(=O)Nc1ccc([N+](=O)[O-])c(F)c1. The molecule has 0 aromatic heterocycles. The van der Waals surface area contributed by atoms with E-state index in [9.17, 15) is 19.3 Å². The van der Waals surface area contributed by atoms with Crippen molar-refractivity contribution < 1.29 is 18.8 Å². The van der Waals surface area contributed by atoms with E-state index in [-0.39, 0.29) is 5.69 Å². The van der Waals surface area contributed by atoms with Crippen LogP contribution in [-0.2, 0) is 4.74 Å². The zero-order valence-corrected chi connectivity index (χ0v) is 10.2. The number of halogens is 1. The molecule has 0 heterocycles. The number of carbonyl (C=O) groups excluding carboxylic acids is 1. The van der Waals surface area contributed by atoms with E-state index in [1.54, 1.807) is 20.8 Å². The molecule has 98 valence electrons. The Hall–Kier alpha value is -2.18. The summed E-state index contributed by atoms with van der Waals surface area (Å²) >= 11 is 0. The molecular weight excluding hydrogens is 243 g/mol. The number of anilines is 1. The van der Waals surface area contributed by atoms with Gasteiger partial charge in [-0.2, -0.15) is 4.39 Å². The minimum atomic E-state index is -1.02. The molecule has 0 saturated carbocycles. The lowest BCUT2D eigenvalue weighted by atomic mass is 10.2. The highest BCUT2D eigenvalue weighted by Gasteiger charge is 2.18. The average molecular weight is 256 g/mol. The number of nitro groups is 1. The Morgan fingerprint density at radius 2 is 2.06 bits per heavy atom. The summed E-state index contributed by atoms with van der Waals surface area (Å²) in [7, 11) is 0. The second-order valence-corrected chi connectivity index (χ2v) is 4.55. The van der Waals surface area contributed by atoms with Crippen LogP contribution in [0.1, 0.15) is 20.8 Å². The number of carbonyl (C=O) groups is 1. The summed E-state index contributed by atoms with van der Waals surface area (Å²) in [6, 6.07) is 3.06. The van der Waals surface area contributed by atoms with E-state index in [0.29, 0.717) is 0 Å². The summed E-state index contributed by atoms with van der Waals surface area (Å²) in [4.78, 5) is 20.9. The van der Waals surface area contributed by atoms with Crippen molar-refractivity contribution in [3.05, 3.63) is 34.1 Å². The van der Waals surface area contributed by atoms with Gasteiger partial charge in [0.25, 0.3) is 0 Å². The van der Waals surface area contributed by atoms with Gasteiger partial charge in [-0.1, -0.05) is 0 Å². The maximum Gasteiger partial charge on any atom is 0.412 e. The molecule has 0 aliphatic heterocycles. The standard InChI is InChI=1S/C11H13FN2O4/c1-11(2,3)18-10(15)13-7-4-5-9(14(16)17)8(12)6-7/h4-6H,1-3H3,(H,13,15). The summed E-state index contributed by atoms with van der Waals surface area (Å²) in [6.45, 7) is 5.05. The molecule has 0 fully saturated rings. The molecule has 0 radical (unpaired) electrons. The van der Waals surface area contributed by atoms with Crippen LogP contribution in [-0.4, -0.2) is 16.6 Å². The van der Waals surface area contributed by atoms with Gasteiger partial charge in [-0.15, -0.1) is 0 Å². The topological polar surface area (TPSA) is 81.5 Å². The summed E-state index contributed by atoms with van der Waals surface area (Å²) in [5, 5.41) is 12.7. The lowest BCUT2D eigenvalue weighted by Gasteiger charge is -2.19. The van der Waals surface area contributed by atoms with Crippen LogP contribution >= 0.6 is 0 Å². The Balaban J connectivity index is 2.78. The Labute approximate surface area is 103 Å². The minimum Gasteiger partial charge on any atom is -0.444 e. The van der Waals surface area contributed by atoms with Crippen molar-refractivity contribution in [3.8, 4) is 0 Å². The highest BCUT2D eigenvalue weighted by molar-refractivity contribution is 5.85. The zero-order valence-electron chi connectivity index (χ0n) is 10.2. The number of hydrogen-bond acceptors (Lipinski definition) is 4. The molecule has 18 heavy (non-hydrogen) atoms. The van der Waals surface area contributed by atoms with Gasteiger partial charge in [0.2, 0.25) is 5.82 Å². The van der Waals surface area contributed by atoms with Crippen LogP contribution in [0.4, 0.5) is 20.6 Å². The third-order valence-electron chi connectivity index (χ3n) is 1.79. The first-order valence-corrected chi connectivity index (χ1v) is 5.13. The minimum absolute atomic E-state index is 0.0901. The quantitative estimate of drug-likeness (QED) is 0.651. The van der Waals surface area contributed by atoms with Crippen LogP contribution in [0.25, 0.3) is 0 Å². The molecule has 1 aromatic carbocycles. The van der Waals surface area contributed by atoms with Gasteiger partial charge in [0.15, 0.2) is 0 Å². The summed E-state index contributed by atoms with van der Waals surface area (Å²) in [6.07, 6.45) is -0.754. The third-order valence-corrected chi connectivity index (χ3v) is 1.79. The van der Waals surface area contributed by atoms with Gasteiger partial charge in [0, 0.05) is 17.8 Å². The Morgan fingerprint density at radius 1 is 1.44 bits per heavy atom. The highest BCUT2D eigenvalue weighted by Crippen LogP contribution is 2.21. The van der Waals surface area contributed by atoms with Crippen molar-refractivity contribution in [2.75, 3.05) is 5.32 Å². The number of ether oxygens (including phenoxy) is 1. The maximum atomic E-state index is 13.3. The van der Waals surface area contributed by atoms with Gasteiger partial charge in [-0.25, -0.2) is 4.79 Å². The van der Waals surface area contributed by atoms with Crippen molar-refractivity contribution in [2.45, 2.75) is 26.4 Å². The number of benzene rings is 1. The second kappa shape index (κ2) is 4.99. The fourth-order valence-electron chi connectivity index (χ4n) is 1.15. The molecule has 0 aliphatic rings. The first kappa shape index (κ1) is 13.9. The van der Waals surface area contributed by atoms with Crippen LogP contribution in [0.15, 0.2) is 18.2 Å². The number of amides is 1. The van der Waals surface area contributed by atoms with Crippen molar-refractivity contribution >= 4 is 17.5 Å². The average Bonchev–Trinajstić information content (AvgIpc) is 2.13. The summed E-state index contributed by atoms with van der Waals surface area (Å²) in [5.41, 5.74) is -1.24. The lowest BCUT2D eigenvalue weighted by Crippen LogP contribution is -2.27. The van der Waals surface area contributed by atoms with Crippen molar-refractivity contribution in [3.63, 3.8) is 0 Å². The molecule has 1 N–H and O–H groups in total. The van der Waals surface area contributed by atoms with Crippen molar-refractivity contribution in [2.24, 2.45) is 0 Å². The van der Waals surface area contributed by atoms with Gasteiger partial charge in [0.05, 0.1) is 4.92 Å². The maximum absolute atomic E-state index is 13.3. The highest BCUT2D eigenvalue weighted by atomic mass is 19.1. The van der Waals surface area contributed by atoms with E-state index in [0.717, 1.165) is 12.1 Å². The molecule has 1 aromatic rings. The molecule has 0 bridgehead atoms. The molecular formula is C11H13FN2O4. The van der Waals surface area contributed by atoms with Gasteiger partial charge in [-0.3, -0.25) is 15.4 Å². The molecule has 0 spiro atoms. The van der Waals surface area contributed by atoms with Crippen molar-refractivity contribution in [1.29, 1.82) is 0 Å². The fraction of sp³-hybridized carbons (Fsp3) is 0.364. The van der Waals surface area contributed by atoms with Gasteiger partial charge in [0.1, 0.15) is 5.60 Å². The lowest BCUT2D eigenvalue weighted by molar-refractivity contribution is -0.387. The summed E-state index contributed by atoms with van der Waals surface area (Å²) < 4.78 is 18.2. The predicted molar refractivity (Wildman–Crippen MR) is 62.9 cm³/mol. The zero-order chi connectivity index (χ0) is 13.9. The predicted octanol–water partition coefficient (Wildman–Crippen LogP) is 3.08. The monoisotopic (exact) mass is 256 g/mol. The molecule has 7 heteroatoms. The van der Waals surface area contributed by atoms with Gasteiger partial charge < -0.3 is 4.74 Å². The number of hydrogen-bond donors (Lipinski definition) is 1. The van der Waals surface area contributed by atoms with E-state index in [4.69, 9.17) is 4.74 Å². The number of nitro benzene ring substituents is 1. The number of rotatable bonds is 2. The fourth-order valence-corrected chi connectivity index (χ4v) is 1.15. The van der Waals surface area contributed by atoms with Crippen LogP contribution in [0, 0.1) is 15.9 Å². The van der Waals surface area contributed by atoms with E-state index in [1.807, 2.05) is 0 Å². The molecule has 0 unspecified atom stereocenters. The Morgan fingerprint density at radius 3 is 2.50 bits per heavy atom. The van der Waals surface area contributed by atoms with Crippen LogP contribution in [0.5, 0.6) is 0 Å². The summed E-state index contributed by atoms with van der Waals surface area (Å²) in [5.74, 6) is -1.02. The van der Waals surface area contributed by atoms with Crippen molar-refractivity contribution in [1.82, 2.24) is 0 Å². The van der Waals surface area contributed by atoms with Crippen LogP contribution in [0.2, 0.25) is 0 Å². The smallest absolute Gasteiger partial charge is 0.412 e. The third kappa shape index (κ3) is 4.00. The van der Waals surface area contributed by atoms with Crippen LogP contribution in [0.3, 0.4) is 0 Å². The second-order valence-electron chi connectivity index (χ2n) is 4.55. The van der Waals surface area contributed by atoms with E-state index in [1.165, 1.54) is 6.07 Å². The number of nitrogens with zero attached hydrogens (tertiary/aromatic N) is 1. The van der Waals surface area contributed by atoms with Gasteiger partial charge >= 0.3 is 11.8 Å². The molecule has 1 rings (SSSR count). The molecule has 1 amide bonds. The van der Waals surface area contributed by atoms with E-state index in [2.05, 4.69) is 5.32 Å². The Kier molecular flexibility index (Phi) is 3.85. The van der Waals surface area contributed by atoms with E-state index < -0.39 is 28.1 Å². The molecule has 0 atom stereocenters. The first-order valence-electron chi connectivity index (χ1n) is 5.13. The molecule has 0 saturated heterocycles. The normalized spacial score (nSPS) is 10.9. The van der Waals surface area contributed by atoms with E-state index >= 15 is 0 Å². The molecule has 6 nitrogen and oxygen atoms in total. The number of nitrogens with one attached hydrogen (secondary N) is 1. The van der Waals surface area contributed by atoms with Gasteiger partial charge in [-0.05, 0) is 26.8 Å². The Bertz CT molecular complexity index is 482.